The number of amides is 1. The number of likely N-dealkylation sites (tertiary alicyclic amines) is 1. The molecule has 1 heterocycles. The molecule has 114 valence electrons. The van der Waals surface area contributed by atoms with Gasteiger partial charge in [0.15, 0.2) is 0 Å². The SMILES string of the molecule is NC[C@@H]1CCCCN1C(=O)[C@@H]1C[C@H]1c1c(F)cccc1F. The summed E-state index contributed by atoms with van der Waals surface area (Å²) in [5.41, 5.74) is 5.80. The Hall–Kier alpha value is -1.49. The van der Waals surface area contributed by atoms with Gasteiger partial charge in [-0.3, -0.25) is 4.79 Å². The Morgan fingerprint density at radius 2 is 2.00 bits per heavy atom. The van der Waals surface area contributed by atoms with Gasteiger partial charge >= 0.3 is 0 Å². The molecule has 2 N–H and O–H groups in total. The Bertz CT molecular complexity index is 529. The number of carbonyl (C=O) groups is 1. The predicted molar refractivity (Wildman–Crippen MR) is 75.6 cm³/mol. The maximum absolute atomic E-state index is 13.8. The third kappa shape index (κ3) is 2.67. The third-order valence-corrected chi connectivity index (χ3v) is 4.66. The second kappa shape index (κ2) is 5.72. The minimum Gasteiger partial charge on any atom is -0.338 e. The van der Waals surface area contributed by atoms with Gasteiger partial charge in [0.2, 0.25) is 5.91 Å². The van der Waals surface area contributed by atoms with Crippen LogP contribution in [0.2, 0.25) is 0 Å². The number of hydrogen-bond donors (Lipinski definition) is 1. The van der Waals surface area contributed by atoms with E-state index in [0.717, 1.165) is 19.3 Å². The summed E-state index contributed by atoms with van der Waals surface area (Å²) in [6.45, 7) is 1.17. The molecule has 2 fully saturated rings. The van der Waals surface area contributed by atoms with Crippen molar-refractivity contribution in [3.05, 3.63) is 35.4 Å². The van der Waals surface area contributed by atoms with Crippen LogP contribution < -0.4 is 5.73 Å². The molecule has 3 rings (SSSR count). The van der Waals surface area contributed by atoms with Crippen LogP contribution in [-0.4, -0.2) is 29.9 Å². The van der Waals surface area contributed by atoms with Crippen LogP contribution >= 0.6 is 0 Å². The van der Waals surface area contributed by atoms with Crippen molar-refractivity contribution in [2.45, 2.75) is 37.6 Å². The van der Waals surface area contributed by atoms with Crippen LogP contribution in [0, 0.1) is 17.6 Å². The number of nitrogens with zero attached hydrogens (tertiary/aromatic N) is 1. The zero-order valence-electron chi connectivity index (χ0n) is 11.9. The van der Waals surface area contributed by atoms with Crippen molar-refractivity contribution >= 4 is 5.91 Å². The standard InChI is InChI=1S/C16H20F2N2O/c17-13-5-3-6-14(18)15(13)11-8-12(11)16(21)20-7-2-1-4-10(20)9-19/h3,5-6,10-12H,1-2,4,7-9,19H2/t10-,11+,12+/m0/s1. The molecule has 3 nitrogen and oxygen atoms in total. The average Bonchev–Trinajstić information content (AvgIpc) is 3.26. The predicted octanol–water partition coefficient (Wildman–Crippen LogP) is 2.41. The molecule has 1 saturated heterocycles. The van der Waals surface area contributed by atoms with Gasteiger partial charge in [0.25, 0.3) is 0 Å². The molecule has 3 atom stereocenters. The van der Waals surface area contributed by atoms with Crippen LogP contribution in [0.15, 0.2) is 18.2 Å². The Balaban J connectivity index is 1.74. The molecule has 0 bridgehead atoms. The fraction of sp³-hybridized carbons (Fsp3) is 0.562. The number of halogens is 2. The van der Waals surface area contributed by atoms with Crippen LogP contribution in [0.5, 0.6) is 0 Å². The van der Waals surface area contributed by atoms with Crippen molar-refractivity contribution in [1.29, 1.82) is 0 Å². The largest absolute Gasteiger partial charge is 0.338 e. The minimum atomic E-state index is -0.552. The van der Waals surface area contributed by atoms with Gasteiger partial charge in [-0.15, -0.1) is 0 Å². The molecule has 2 aliphatic rings. The Morgan fingerprint density at radius 3 is 2.67 bits per heavy atom. The molecule has 1 amide bonds. The molecule has 0 spiro atoms. The van der Waals surface area contributed by atoms with Crippen molar-refractivity contribution in [1.82, 2.24) is 4.90 Å². The monoisotopic (exact) mass is 294 g/mol. The van der Waals surface area contributed by atoms with Gasteiger partial charge < -0.3 is 10.6 Å². The van der Waals surface area contributed by atoms with Crippen LogP contribution in [0.25, 0.3) is 0 Å². The van der Waals surface area contributed by atoms with Crippen molar-refractivity contribution in [2.24, 2.45) is 11.7 Å². The number of nitrogens with two attached hydrogens (primary N) is 1. The molecule has 1 aromatic carbocycles. The van der Waals surface area contributed by atoms with Crippen LogP contribution in [-0.2, 0) is 4.79 Å². The molecule has 0 unspecified atom stereocenters. The van der Waals surface area contributed by atoms with E-state index in [9.17, 15) is 13.6 Å². The highest BCUT2D eigenvalue weighted by atomic mass is 19.1. The fourth-order valence-electron chi connectivity index (χ4n) is 3.40. The number of benzene rings is 1. The maximum atomic E-state index is 13.8. The van der Waals surface area contributed by atoms with Gasteiger partial charge in [-0.1, -0.05) is 6.07 Å². The first-order chi connectivity index (χ1) is 10.1. The summed E-state index contributed by atoms with van der Waals surface area (Å²) in [6, 6.07) is 3.93. The van der Waals surface area contributed by atoms with E-state index in [2.05, 4.69) is 0 Å². The summed E-state index contributed by atoms with van der Waals surface area (Å²) in [6.07, 6.45) is 3.52. The van der Waals surface area contributed by atoms with Gasteiger partial charge in [0.05, 0.1) is 0 Å². The first-order valence-electron chi connectivity index (χ1n) is 7.58. The van der Waals surface area contributed by atoms with Crippen molar-refractivity contribution in [2.75, 3.05) is 13.1 Å². The Labute approximate surface area is 123 Å². The zero-order chi connectivity index (χ0) is 15.0. The first-order valence-corrected chi connectivity index (χ1v) is 7.58. The zero-order valence-corrected chi connectivity index (χ0v) is 11.9. The number of hydrogen-bond acceptors (Lipinski definition) is 2. The van der Waals surface area contributed by atoms with Crippen LogP contribution in [0.4, 0.5) is 8.78 Å². The van der Waals surface area contributed by atoms with E-state index in [-0.39, 0.29) is 29.3 Å². The van der Waals surface area contributed by atoms with E-state index in [1.54, 1.807) is 0 Å². The molecule has 5 heteroatoms. The minimum absolute atomic E-state index is 0.0119. The quantitative estimate of drug-likeness (QED) is 0.930. The van der Waals surface area contributed by atoms with E-state index in [4.69, 9.17) is 5.73 Å². The first kappa shape index (κ1) is 14.4. The number of carbonyl (C=O) groups excluding carboxylic acids is 1. The topological polar surface area (TPSA) is 46.3 Å². The van der Waals surface area contributed by atoms with Crippen LogP contribution in [0.1, 0.15) is 37.2 Å². The summed E-state index contributed by atoms with van der Waals surface area (Å²) in [7, 11) is 0. The highest BCUT2D eigenvalue weighted by Crippen LogP contribution is 2.50. The molecule has 0 aromatic heterocycles. The Morgan fingerprint density at radius 1 is 1.29 bits per heavy atom. The van der Waals surface area contributed by atoms with Gasteiger partial charge in [-0.05, 0) is 37.8 Å². The second-order valence-electron chi connectivity index (χ2n) is 6.00. The highest BCUT2D eigenvalue weighted by molar-refractivity contribution is 5.83. The Kier molecular flexibility index (Phi) is 3.93. The number of rotatable bonds is 3. The third-order valence-electron chi connectivity index (χ3n) is 4.66. The molecular formula is C16H20F2N2O. The molecule has 0 radical (unpaired) electrons. The van der Waals surface area contributed by atoms with Gasteiger partial charge in [0, 0.05) is 36.5 Å². The summed E-state index contributed by atoms with van der Waals surface area (Å²) in [5, 5.41) is 0. The molecule has 1 aliphatic heterocycles. The average molecular weight is 294 g/mol. The summed E-state index contributed by atoms with van der Waals surface area (Å²) < 4.78 is 27.6. The smallest absolute Gasteiger partial charge is 0.226 e. The van der Waals surface area contributed by atoms with Crippen molar-refractivity contribution < 1.29 is 13.6 Å². The van der Waals surface area contributed by atoms with E-state index in [1.807, 2.05) is 4.90 Å². The van der Waals surface area contributed by atoms with Crippen molar-refractivity contribution in [3.63, 3.8) is 0 Å². The molecule has 1 aromatic rings. The van der Waals surface area contributed by atoms with Crippen molar-refractivity contribution in [3.8, 4) is 0 Å². The van der Waals surface area contributed by atoms with Gasteiger partial charge in [-0.2, -0.15) is 0 Å². The maximum Gasteiger partial charge on any atom is 0.226 e. The van der Waals surface area contributed by atoms with E-state index in [0.29, 0.717) is 19.5 Å². The lowest BCUT2D eigenvalue weighted by molar-refractivity contribution is -0.136. The lowest BCUT2D eigenvalue weighted by Gasteiger charge is -2.35. The van der Waals surface area contributed by atoms with Gasteiger partial charge in [-0.25, -0.2) is 8.78 Å². The summed E-state index contributed by atoms with van der Waals surface area (Å²) >= 11 is 0. The second-order valence-corrected chi connectivity index (χ2v) is 6.00. The van der Waals surface area contributed by atoms with E-state index in [1.165, 1.54) is 18.2 Å². The fourth-order valence-corrected chi connectivity index (χ4v) is 3.40. The molecule has 1 aliphatic carbocycles. The lowest BCUT2D eigenvalue weighted by Crippen LogP contribution is -2.48. The highest BCUT2D eigenvalue weighted by Gasteiger charge is 2.49. The lowest BCUT2D eigenvalue weighted by atomic mass is 10.0. The number of piperidine rings is 1. The van der Waals surface area contributed by atoms with Crippen LogP contribution in [0.3, 0.4) is 0 Å². The molecule has 1 saturated carbocycles. The van der Waals surface area contributed by atoms with E-state index >= 15 is 0 Å². The van der Waals surface area contributed by atoms with E-state index < -0.39 is 11.6 Å². The van der Waals surface area contributed by atoms with Gasteiger partial charge in [0.1, 0.15) is 11.6 Å². The normalized spacial score (nSPS) is 28.5. The summed E-state index contributed by atoms with van der Waals surface area (Å²) in [5.74, 6) is -1.70. The molecular weight excluding hydrogens is 274 g/mol. The summed E-state index contributed by atoms with van der Waals surface area (Å²) in [4.78, 5) is 14.4. The molecule has 21 heavy (non-hydrogen) atoms.